The van der Waals surface area contributed by atoms with Gasteiger partial charge in [0.1, 0.15) is 6.33 Å². The summed E-state index contributed by atoms with van der Waals surface area (Å²) in [4.78, 5) is 22.3. The van der Waals surface area contributed by atoms with E-state index in [1.807, 2.05) is 6.92 Å². The van der Waals surface area contributed by atoms with Crippen molar-refractivity contribution in [2.45, 2.75) is 31.9 Å². The molecule has 7 heteroatoms. The molecule has 2 N–H and O–H groups in total. The molecule has 102 valence electrons. The summed E-state index contributed by atoms with van der Waals surface area (Å²) in [5, 5.41) is 12.8. The number of nitrogens with zero attached hydrogens (tertiary/aromatic N) is 4. The average molecular weight is 263 g/mol. The number of likely N-dealkylation sites (tertiary alicyclic amines) is 1. The van der Waals surface area contributed by atoms with E-state index in [9.17, 15) is 9.90 Å². The Morgan fingerprint density at radius 2 is 2.42 bits per heavy atom. The van der Waals surface area contributed by atoms with Gasteiger partial charge in [0.05, 0.1) is 11.3 Å². The topological polar surface area (TPSA) is 86.5 Å². The molecule has 1 atom stereocenters. The summed E-state index contributed by atoms with van der Waals surface area (Å²) in [5.41, 5.74) is -0.125. The zero-order chi connectivity index (χ0) is 13.5. The van der Waals surface area contributed by atoms with Gasteiger partial charge in [0.25, 0.3) is 11.3 Å². The van der Waals surface area contributed by atoms with Crippen molar-refractivity contribution in [3.05, 3.63) is 28.4 Å². The molecule has 1 aliphatic rings. The van der Waals surface area contributed by atoms with Crippen molar-refractivity contribution in [2.24, 2.45) is 0 Å². The summed E-state index contributed by atoms with van der Waals surface area (Å²) in [6.07, 6.45) is 3.22. The number of H-pyrrole nitrogens is 1. The molecule has 19 heavy (non-hydrogen) atoms. The van der Waals surface area contributed by atoms with E-state index in [-0.39, 0.29) is 5.56 Å². The second kappa shape index (κ2) is 4.43. The molecule has 0 bridgehead atoms. The van der Waals surface area contributed by atoms with Crippen LogP contribution >= 0.6 is 0 Å². The first-order valence-corrected chi connectivity index (χ1v) is 6.40. The molecule has 1 unspecified atom stereocenters. The number of aliphatic hydroxyl groups is 1. The van der Waals surface area contributed by atoms with Crippen LogP contribution < -0.4 is 5.56 Å². The van der Waals surface area contributed by atoms with Crippen LogP contribution in [-0.4, -0.2) is 48.3 Å². The molecule has 3 heterocycles. The summed E-state index contributed by atoms with van der Waals surface area (Å²) in [6.45, 7) is 3.93. The molecule has 2 aromatic heterocycles. The van der Waals surface area contributed by atoms with Gasteiger partial charge < -0.3 is 5.11 Å². The predicted octanol–water partition coefficient (Wildman–Crippen LogP) is -0.236. The van der Waals surface area contributed by atoms with Crippen LogP contribution in [0, 0.1) is 0 Å². The lowest BCUT2D eigenvalue weighted by molar-refractivity contribution is -0.0184. The molecule has 0 aromatic carbocycles. The molecule has 0 amide bonds. The third kappa shape index (κ3) is 2.52. The first-order chi connectivity index (χ1) is 9.03. The van der Waals surface area contributed by atoms with Gasteiger partial charge in [-0.1, -0.05) is 0 Å². The fourth-order valence-electron chi connectivity index (χ4n) is 2.64. The normalized spacial score (nSPS) is 24.9. The number of hydrogen-bond donors (Lipinski definition) is 2. The molecule has 2 aromatic rings. The molecular weight excluding hydrogens is 246 g/mol. The lowest BCUT2D eigenvalue weighted by Gasteiger charge is -2.36. The summed E-state index contributed by atoms with van der Waals surface area (Å²) < 4.78 is 1.30. The molecule has 3 rings (SSSR count). The van der Waals surface area contributed by atoms with E-state index in [4.69, 9.17) is 0 Å². The van der Waals surface area contributed by atoms with Crippen molar-refractivity contribution in [3.63, 3.8) is 0 Å². The first-order valence-electron chi connectivity index (χ1n) is 6.40. The van der Waals surface area contributed by atoms with Crippen LogP contribution in [0.4, 0.5) is 0 Å². The van der Waals surface area contributed by atoms with Gasteiger partial charge in [-0.15, -0.1) is 0 Å². The number of fused-ring (bicyclic) bond motifs is 1. The molecule has 0 aliphatic carbocycles. The quantitative estimate of drug-likeness (QED) is 0.781. The van der Waals surface area contributed by atoms with Gasteiger partial charge in [0.2, 0.25) is 0 Å². The number of aromatic amines is 1. The standard InChI is InChI=1S/C12H17N5O2/c1-12(19)3-2-4-16(7-12)6-9-5-10(18)17-11(15-9)13-8-14-17/h5,8,19H,2-4,6-7H2,1H3,(H,13,14,15). The van der Waals surface area contributed by atoms with Crippen LogP contribution in [0.15, 0.2) is 17.2 Å². The third-order valence-corrected chi connectivity index (χ3v) is 3.46. The summed E-state index contributed by atoms with van der Waals surface area (Å²) in [7, 11) is 0. The Labute approximate surface area is 109 Å². The summed E-state index contributed by atoms with van der Waals surface area (Å²) in [5.74, 6) is 0.381. The molecule has 1 saturated heterocycles. The lowest BCUT2D eigenvalue weighted by Crippen LogP contribution is -2.45. The van der Waals surface area contributed by atoms with Crippen molar-refractivity contribution in [3.8, 4) is 0 Å². The second-order valence-electron chi connectivity index (χ2n) is 5.42. The minimum Gasteiger partial charge on any atom is -0.389 e. The van der Waals surface area contributed by atoms with Crippen molar-refractivity contribution < 1.29 is 5.11 Å². The molecule has 0 radical (unpaired) electrons. The highest BCUT2D eigenvalue weighted by molar-refractivity contribution is 5.26. The molecular formula is C12H17N5O2. The minimum absolute atomic E-state index is 0.165. The Hall–Kier alpha value is -1.73. The number of aromatic nitrogens is 4. The molecule has 0 saturated carbocycles. The second-order valence-corrected chi connectivity index (χ2v) is 5.42. The maximum absolute atomic E-state index is 11.8. The molecule has 7 nitrogen and oxygen atoms in total. The van der Waals surface area contributed by atoms with Gasteiger partial charge in [-0.2, -0.15) is 4.52 Å². The van der Waals surface area contributed by atoms with Crippen LogP contribution in [0.1, 0.15) is 25.5 Å². The van der Waals surface area contributed by atoms with Crippen molar-refractivity contribution in [1.29, 1.82) is 0 Å². The van der Waals surface area contributed by atoms with E-state index in [1.165, 1.54) is 16.9 Å². The van der Waals surface area contributed by atoms with Crippen LogP contribution in [0.2, 0.25) is 0 Å². The van der Waals surface area contributed by atoms with E-state index < -0.39 is 5.60 Å². The predicted molar refractivity (Wildman–Crippen MR) is 68.7 cm³/mol. The Balaban J connectivity index is 1.83. The monoisotopic (exact) mass is 263 g/mol. The Morgan fingerprint density at radius 1 is 1.58 bits per heavy atom. The summed E-state index contributed by atoms with van der Waals surface area (Å²) >= 11 is 0. The van der Waals surface area contributed by atoms with E-state index in [1.54, 1.807) is 0 Å². The van der Waals surface area contributed by atoms with Gasteiger partial charge in [-0.05, 0) is 26.3 Å². The maximum atomic E-state index is 11.8. The number of piperidine rings is 1. The highest BCUT2D eigenvalue weighted by atomic mass is 16.3. The largest absolute Gasteiger partial charge is 0.389 e. The highest BCUT2D eigenvalue weighted by Gasteiger charge is 2.28. The van der Waals surface area contributed by atoms with Crippen LogP contribution in [0.5, 0.6) is 0 Å². The minimum atomic E-state index is -0.649. The Kier molecular flexibility index (Phi) is 2.87. The van der Waals surface area contributed by atoms with Gasteiger partial charge in [0.15, 0.2) is 0 Å². The number of nitrogens with one attached hydrogen (secondary N) is 1. The van der Waals surface area contributed by atoms with Gasteiger partial charge in [0, 0.05) is 19.2 Å². The van der Waals surface area contributed by atoms with Crippen molar-refractivity contribution >= 4 is 5.78 Å². The number of rotatable bonds is 2. The smallest absolute Gasteiger partial charge is 0.274 e. The van der Waals surface area contributed by atoms with Crippen molar-refractivity contribution in [1.82, 2.24) is 24.5 Å². The SMILES string of the molecule is CC1(O)CCCN(Cc2cc(=O)n3[nH]cnc3n2)C1. The number of hydrogen-bond acceptors (Lipinski definition) is 5. The van der Waals surface area contributed by atoms with Crippen LogP contribution in [0.3, 0.4) is 0 Å². The van der Waals surface area contributed by atoms with Gasteiger partial charge in [-0.25, -0.2) is 9.97 Å². The molecule has 1 aliphatic heterocycles. The first kappa shape index (κ1) is 12.3. The fourth-order valence-corrected chi connectivity index (χ4v) is 2.64. The Morgan fingerprint density at radius 3 is 3.21 bits per heavy atom. The summed E-state index contributed by atoms with van der Waals surface area (Å²) in [6, 6.07) is 1.51. The van der Waals surface area contributed by atoms with Crippen LogP contribution in [0.25, 0.3) is 5.78 Å². The van der Waals surface area contributed by atoms with Crippen molar-refractivity contribution in [2.75, 3.05) is 13.1 Å². The Bertz CT molecular complexity index is 645. The van der Waals surface area contributed by atoms with Gasteiger partial charge >= 0.3 is 0 Å². The molecule has 0 spiro atoms. The maximum Gasteiger partial charge on any atom is 0.274 e. The van der Waals surface area contributed by atoms with Crippen LogP contribution in [-0.2, 0) is 6.54 Å². The van der Waals surface area contributed by atoms with E-state index in [0.29, 0.717) is 24.6 Å². The fraction of sp³-hybridized carbons (Fsp3) is 0.583. The van der Waals surface area contributed by atoms with Gasteiger partial charge in [-0.3, -0.25) is 14.8 Å². The third-order valence-electron chi connectivity index (χ3n) is 3.46. The van der Waals surface area contributed by atoms with E-state index >= 15 is 0 Å². The average Bonchev–Trinajstić information content (AvgIpc) is 2.76. The highest BCUT2D eigenvalue weighted by Crippen LogP contribution is 2.21. The zero-order valence-electron chi connectivity index (χ0n) is 10.8. The lowest BCUT2D eigenvalue weighted by atomic mass is 9.95. The van der Waals surface area contributed by atoms with E-state index in [0.717, 1.165) is 19.4 Å². The zero-order valence-corrected chi connectivity index (χ0v) is 10.8. The molecule has 1 fully saturated rings. The van der Waals surface area contributed by atoms with E-state index in [2.05, 4.69) is 20.0 Å². The number of β-amino-alcohol motifs (C(OH)–C–C–N with tert-alkyl or cyclic N) is 1.